The third-order valence-corrected chi connectivity index (χ3v) is 4.99. The molecule has 0 saturated carbocycles. The van der Waals surface area contributed by atoms with Crippen LogP contribution in [0.2, 0.25) is 5.02 Å². The Morgan fingerprint density at radius 3 is 2.59 bits per heavy atom. The van der Waals surface area contributed by atoms with Gasteiger partial charge in [0.15, 0.2) is 6.61 Å². The average molecular weight is 396 g/mol. The van der Waals surface area contributed by atoms with Gasteiger partial charge in [-0.3, -0.25) is 10.1 Å². The number of rotatable bonds is 5. The van der Waals surface area contributed by atoms with E-state index in [-0.39, 0.29) is 12.5 Å². The van der Waals surface area contributed by atoms with Crippen LogP contribution >= 0.6 is 22.9 Å². The summed E-state index contributed by atoms with van der Waals surface area (Å²) in [5.41, 5.74) is 0.893. The fourth-order valence-corrected chi connectivity index (χ4v) is 3.44. The smallest absolute Gasteiger partial charge is 0.264 e. The molecule has 0 aliphatic heterocycles. The summed E-state index contributed by atoms with van der Waals surface area (Å²) >= 11 is 7.18. The summed E-state index contributed by atoms with van der Waals surface area (Å²) < 4.78 is 5.58. The van der Waals surface area contributed by atoms with Gasteiger partial charge in [0.1, 0.15) is 10.8 Å². The number of benzene rings is 3. The molecular formula is C20H14ClN3O2S. The highest BCUT2D eigenvalue weighted by Gasteiger charge is 2.10. The largest absolute Gasteiger partial charge is 0.484 e. The highest BCUT2D eigenvalue weighted by atomic mass is 35.5. The molecule has 4 rings (SSSR count). The molecule has 5 nitrogen and oxygen atoms in total. The van der Waals surface area contributed by atoms with Crippen molar-refractivity contribution >= 4 is 44.7 Å². The lowest BCUT2D eigenvalue weighted by Crippen LogP contribution is -2.20. The molecule has 1 amide bonds. The SMILES string of the molecule is O=C(COc1ccc2ccccc2c1)Nc1nnc(-c2ccc(Cl)cc2)s1. The van der Waals surface area contributed by atoms with Gasteiger partial charge in [-0.1, -0.05) is 65.4 Å². The molecule has 1 heterocycles. The lowest BCUT2D eigenvalue weighted by Gasteiger charge is -2.06. The summed E-state index contributed by atoms with van der Waals surface area (Å²) in [6.07, 6.45) is 0. The summed E-state index contributed by atoms with van der Waals surface area (Å²) in [7, 11) is 0. The number of halogens is 1. The van der Waals surface area contributed by atoms with Crippen LogP contribution in [0.4, 0.5) is 5.13 Å². The number of amides is 1. The van der Waals surface area contributed by atoms with Gasteiger partial charge >= 0.3 is 0 Å². The summed E-state index contributed by atoms with van der Waals surface area (Å²) in [6, 6.07) is 21.0. The van der Waals surface area contributed by atoms with E-state index in [0.29, 0.717) is 20.9 Å². The number of hydrogen-bond donors (Lipinski definition) is 1. The molecule has 0 aliphatic rings. The van der Waals surface area contributed by atoms with Crippen molar-refractivity contribution < 1.29 is 9.53 Å². The molecule has 0 atom stereocenters. The van der Waals surface area contributed by atoms with Gasteiger partial charge in [0.25, 0.3) is 5.91 Å². The molecule has 0 fully saturated rings. The second-order valence-corrected chi connectivity index (χ2v) is 7.18. The molecule has 1 N–H and O–H groups in total. The molecule has 0 aliphatic carbocycles. The Bertz CT molecular complexity index is 1100. The van der Waals surface area contributed by atoms with E-state index < -0.39 is 0 Å². The van der Waals surface area contributed by atoms with Crippen LogP contribution in [-0.4, -0.2) is 22.7 Å². The molecule has 7 heteroatoms. The summed E-state index contributed by atoms with van der Waals surface area (Å²) in [4.78, 5) is 12.1. The second kappa shape index (κ2) is 7.73. The zero-order chi connectivity index (χ0) is 18.6. The van der Waals surface area contributed by atoms with E-state index in [9.17, 15) is 4.79 Å². The van der Waals surface area contributed by atoms with Gasteiger partial charge in [-0.15, -0.1) is 10.2 Å². The van der Waals surface area contributed by atoms with E-state index in [1.807, 2.05) is 54.6 Å². The molecule has 0 spiro atoms. The van der Waals surface area contributed by atoms with Crippen LogP contribution in [0.3, 0.4) is 0 Å². The van der Waals surface area contributed by atoms with Crippen molar-refractivity contribution in [2.75, 3.05) is 11.9 Å². The van der Waals surface area contributed by atoms with Gasteiger partial charge in [-0.2, -0.15) is 0 Å². The maximum atomic E-state index is 12.1. The van der Waals surface area contributed by atoms with E-state index in [4.69, 9.17) is 16.3 Å². The molecule has 0 saturated heterocycles. The van der Waals surface area contributed by atoms with Gasteiger partial charge in [0.2, 0.25) is 5.13 Å². The van der Waals surface area contributed by atoms with Crippen molar-refractivity contribution in [3.8, 4) is 16.3 Å². The molecule has 0 unspecified atom stereocenters. The molecule has 27 heavy (non-hydrogen) atoms. The molecule has 1 aromatic heterocycles. The van der Waals surface area contributed by atoms with Crippen LogP contribution in [0.25, 0.3) is 21.3 Å². The van der Waals surface area contributed by atoms with Gasteiger partial charge in [0, 0.05) is 10.6 Å². The Morgan fingerprint density at radius 1 is 1.00 bits per heavy atom. The first-order valence-corrected chi connectivity index (χ1v) is 9.38. The number of nitrogens with one attached hydrogen (secondary N) is 1. The van der Waals surface area contributed by atoms with Crippen LogP contribution < -0.4 is 10.1 Å². The molecule has 3 aromatic carbocycles. The lowest BCUT2D eigenvalue weighted by molar-refractivity contribution is -0.118. The number of ether oxygens (including phenoxy) is 1. The minimum Gasteiger partial charge on any atom is -0.484 e. The zero-order valence-electron chi connectivity index (χ0n) is 14.1. The Labute approximate surface area is 164 Å². The monoisotopic (exact) mass is 395 g/mol. The standard InChI is InChI=1S/C20H14ClN3O2S/c21-16-8-5-14(6-9-16)19-23-24-20(27-19)22-18(25)12-26-17-10-7-13-3-1-2-4-15(13)11-17/h1-11H,12H2,(H,22,24,25). The number of fused-ring (bicyclic) bond motifs is 1. The van der Waals surface area contributed by atoms with E-state index in [2.05, 4.69) is 15.5 Å². The third kappa shape index (κ3) is 4.24. The average Bonchev–Trinajstić information content (AvgIpc) is 3.15. The highest BCUT2D eigenvalue weighted by molar-refractivity contribution is 7.18. The number of carbonyl (C=O) groups excluding carboxylic acids is 1. The van der Waals surface area contributed by atoms with E-state index >= 15 is 0 Å². The van der Waals surface area contributed by atoms with Crippen LogP contribution in [-0.2, 0) is 4.79 Å². The van der Waals surface area contributed by atoms with Crippen molar-refractivity contribution in [1.82, 2.24) is 10.2 Å². The van der Waals surface area contributed by atoms with Crippen molar-refractivity contribution in [3.05, 3.63) is 71.8 Å². The first-order valence-electron chi connectivity index (χ1n) is 8.18. The molecular weight excluding hydrogens is 382 g/mol. The van der Waals surface area contributed by atoms with Gasteiger partial charge in [-0.25, -0.2) is 0 Å². The maximum Gasteiger partial charge on any atom is 0.264 e. The predicted octanol–water partition coefficient (Wildman–Crippen LogP) is 5.03. The quantitative estimate of drug-likeness (QED) is 0.514. The normalized spacial score (nSPS) is 10.7. The van der Waals surface area contributed by atoms with Crippen LogP contribution in [0.1, 0.15) is 0 Å². The third-order valence-electron chi connectivity index (χ3n) is 3.85. The topological polar surface area (TPSA) is 64.1 Å². The van der Waals surface area contributed by atoms with Gasteiger partial charge in [0.05, 0.1) is 0 Å². The molecule has 134 valence electrons. The van der Waals surface area contributed by atoms with E-state index in [0.717, 1.165) is 16.3 Å². The molecule has 0 bridgehead atoms. The highest BCUT2D eigenvalue weighted by Crippen LogP contribution is 2.27. The van der Waals surface area contributed by atoms with Crippen molar-refractivity contribution in [3.63, 3.8) is 0 Å². The fourth-order valence-electron chi connectivity index (χ4n) is 2.54. The first-order chi connectivity index (χ1) is 13.2. The van der Waals surface area contributed by atoms with Crippen molar-refractivity contribution in [1.29, 1.82) is 0 Å². The number of carbonyl (C=O) groups is 1. The van der Waals surface area contributed by atoms with Gasteiger partial charge < -0.3 is 4.74 Å². The number of aromatic nitrogens is 2. The van der Waals surface area contributed by atoms with Crippen LogP contribution in [0, 0.1) is 0 Å². The predicted molar refractivity (Wildman–Crippen MR) is 108 cm³/mol. The van der Waals surface area contributed by atoms with Crippen LogP contribution in [0.15, 0.2) is 66.7 Å². The fraction of sp³-hybridized carbons (Fsp3) is 0.0500. The van der Waals surface area contributed by atoms with E-state index in [1.165, 1.54) is 11.3 Å². The number of anilines is 1. The Balaban J connectivity index is 1.37. The Morgan fingerprint density at radius 2 is 1.78 bits per heavy atom. The minimum absolute atomic E-state index is 0.103. The van der Waals surface area contributed by atoms with Crippen molar-refractivity contribution in [2.24, 2.45) is 0 Å². The molecule has 4 aromatic rings. The summed E-state index contributed by atoms with van der Waals surface area (Å²) in [5, 5.41) is 14.8. The second-order valence-electron chi connectivity index (χ2n) is 5.77. The number of hydrogen-bond acceptors (Lipinski definition) is 5. The Hall–Kier alpha value is -2.96. The minimum atomic E-state index is -0.290. The molecule has 0 radical (unpaired) electrons. The number of nitrogens with zero attached hydrogens (tertiary/aromatic N) is 2. The van der Waals surface area contributed by atoms with Crippen molar-refractivity contribution in [2.45, 2.75) is 0 Å². The lowest BCUT2D eigenvalue weighted by atomic mass is 10.1. The zero-order valence-corrected chi connectivity index (χ0v) is 15.6. The van der Waals surface area contributed by atoms with Crippen LogP contribution in [0.5, 0.6) is 5.75 Å². The Kier molecular flexibility index (Phi) is 5.00. The summed E-state index contributed by atoms with van der Waals surface area (Å²) in [6.45, 7) is -0.103. The van der Waals surface area contributed by atoms with Gasteiger partial charge in [-0.05, 0) is 35.0 Å². The first kappa shape index (κ1) is 17.5. The maximum absolute atomic E-state index is 12.1. The summed E-state index contributed by atoms with van der Waals surface area (Å²) in [5.74, 6) is 0.352. The van der Waals surface area contributed by atoms with E-state index in [1.54, 1.807) is 12.1 Å².